The van der Waals surface area contributed by atoms with Crippen LogP contribution in [0.1, 0.15) is 81.8 Å². The molecule has 0 nitrogen and oxygen atoms in total. The third-order valence-corrected chi connectivity index (χ3v) is 8.23. The first-order chi connectivity index (χ1) is 16.5. The van der Waals surface area contributed by atoms with Crippen molar-refractivity contribution in [3.05, 3.63) is 83.7 Å². The molecule has 0 aliphatic heterocycles. The van der Waals surface area contributed by atoms with E-state index in [0.29, 0.717) is 24.3 Å². The van der Waals surface area contributed by atoms with Crippen molar-refractivity contribution in [2.45, 2.75) is 77.0 Å². The number of rotatable bonds is 8. The Balaban J connectivity index is 1.44. The summed E-state index contributed by atoms with van der Waals surface area (Å²) in [4.78, 5) is 0. The number of aryl methyl sites for hydroxylation is 1. The molecule has 4 unspecified atom stereocenters. The van der Waals surface area contributed by atoms with Crippen LogP contribution in [0.4, 0.5) is 13.2 Å². The van der Waals surface area contributed by atoms with Crippen molar-refractivity contribution in [3.8, 4) is 11.1 Å². The van der Waals surface area contributed by atoms with Crippen LogP contribution in [-0.2, 0) is 6.42 Å². The van der Waals surface area contributed by atoms with E-state index in [2.05, 4.69) is 25.7 Å². The van der Waals surface area contributed by atoms with E-state index in [-0.39, 0.29) is 11.1 Å². The number of benzene rings is 2. The predicted molar refractivity (Wildman–Crippen MR) is 135 cm³/mol. The average Bonchev–Trinajstić information content (AvgIpc) is 2.85. The van der Waals surface area contributed by atoms with E-state index in [1.165, 1.54) is 44.6 Å². The normalized spacial score (nSPS) is 24.8. The van der Waals surface area contributed by atoms with Gasteiger partial charge in [0.1, 0.15) is 5.82 Å². The molecule has 0 bridgehead atoms. The van der Waals surface area contributed by atoms with Gasteiger partial charge in [-0.05, 0) is 106 Å². The zero-order chi connectivity index (χ0) is 24.1. The van der Waals surface area contributed by atoms with E-state index in [4.69, 9.17) is 0 Å². The first kappa shape index (κ1) is 24.8. The summed E-state index contributed by atoms with van der Waals surface area (Å²) in [6.45, 7) is 5.71. The molecule has 0 amide bonds. The van der Waals surface area contributed by atoms with Gasteiger partial charge in [-0.3, -0.25) is 0 Å². The smallest absolute Gasteiger partial charge is 0.167 e. The molecule has 0 radical (unpaired) electrons. The van der Waals surface area contributed by atoms with Crippen LogP contribution in [0.2, 0.25) is 0 Å². The van der Waals surface area contributed by atoms with E-state index in [0.717, 1.165) is 36.2 Å². The Bertz CT molecular complexity index is 1020. The van der Waals surface area contributed by atoms with Crippen molar-refractivity contribution in [2.24, 2.45) is 17.8 Å². The fourth-order valence-electron chi connectivity index (χ4n) is 6.30. The molecule has 3 heteroatoms. The van der Waals surface area contributed by atoms with Gasteiger partial charge >= 0.3 is 0 Å². The number of hydrogen-bond donors (Lipinski definition) is 0. The van der Waals surface area contributed by atoms with Gasteiger partial charge in [0.2, 0.25) is 0 Å². The fraction of sp³-hybridized carbons (Fsp3) is 0.484. The number of fused-ring (bicyclic) bond motifs is 1. The molecule has 0 spiro atoms. The van der Waals surface area contributed by atoms with Gasteiger partial charge in [-0.25, -0.2) is 13.2 Å². The maximum atomic E-state index is 15.1. The molecule has 0 heterocycles. The highest BCUT2D eigenvalue weighted by Crippen LogP contribution is 2.48. The van der Waals surface area contributed by atoms with Gasteiger partial charge in [0.25, 0.3) is 0 Å². The Kier molecular flexibility index (Phi) is 8.34. The third kappa shape index (κ3) is 5.50. The topological polar surface area (TPSA) is 0 Å². The summed E-state index contributed by atoms with van der Waals surface area (Å²) in [7, 11) is 0. The molecular weight excluding hydrogens is 429 g/mol. The lowest BCUT2D eigenvalue weighted by molar-refractivity contribution is 0.115. The van der Waals surface area contributed by atoms with Crippen LogP contribution < -0.4 is 0 Å². The van der Waals surface area contributed by atoms with Crippen LogP contribution in [0, 0.1) is 35.2 Å². The van der Waals surface area contributed by atoms with E-state index in [1.54, 1.807) is 24.3 Å². The maximum absolute atomic E-state index is 15.1. The Hall–Kier alpha value is -2.29. The Morgan fingerprint density at radius 1 is 0.882 bits per heavy atom. The van der Waals surface area contributed by atoms with Gasteiger partial charge in [-0.1, -0.05) is 48.9 Å². The number of hydrogen-bond acceptors (Lipinski definition) is 0. The van der Waals surface area contributed by atoms with E-state index in [1.807, 2.05) is 6.07 Å². The molecule has 182 valence electrons. The lowest BCUT2D eigenvalue weighted by Gasteiger charge is -2.42. The average molecular weight is 467 g/mol. The summed E-state index contributed by atoms with van der Waals surface area (Å²) in [6, 6.07) is 8.17. The second-order valence-electron chi connectivity index (χ2n) is 10.3. The van der Waals surface area contributed by atoms with Gasteiger partial charge < -0.3 is 0 Å². The number of allylic oxidation sites excluding steroid dienone is 3. The van der Waals surface area contributed by atoms with Gasteiger partial charge in [-0.15, -0.1) is 6.58 Å². The van der Waals surface area contributed by atoms with E-state index >= 15 is 4.39 Å². The van der Waals surface area contributed by atoms with E-state index in [9.17, 15) is 8.78 Å². The number of halogens is 3. The summed E-state index contributed by atoms with van der Waals surface area (Å²) in [6.07, 6.45) is 16.9. The van der Waals surface area contributed by atoms with Gasteiger partial charge in [-0.2, -0.15) is 0 Å². The first-order valence-electron chi connectivity index (χ1n) is 13.0. The van der Waals surface area contributed by atoms with Crippen LogP contribution in [0.3, 0.4) is 0 Å². The zero-order valence-corrected chi connectivity index (χ0v) is 20.3. The summed E-state index contributed by atoms with van der Waals surface area (Å²) in [5.41, 5.74) is 1.42. The molecule has 2 saturated carbocycles. The van der Waals surface area contributed by atoms with Crippen LogP contribution in [-0.4, -0.2) is 0 Å². The molecule has 2 aliphatic carbocycles. The summed E-state index contributed by atoms with van der Waals surface area (Å²) >= 11 is 0. The minimum atomic E-state index is -0.972. The highest BCUT2D eigenvalue weighted by Gasteiger charge is 2.36. The summed E-state index contributed by atoms with van der Waals surface area (Å²) in [5.74, 6) is 0.416. The molecule has 0 N–H and O–H groups in total. The van der Waals surface area contributed by atoms with Crippen molar-refractivity contribution in [2.75, 3.05) is 0 Å². The highest BCUT2D eigenvalue weighted by atomic mass is 19.2. The lowest BCUT2D eigenvalue weighted by atomic mass is 9.63. The minimum absolute atomic E-state index is 0.0103. The molecule has 0 saturated heterocycles. The molecule has 2 aromatic rings. The van der Waals surface area contributed by atoms with Crippen molar-refractivity contribution in [1.29, 1.82) is 0 Å². The molecule has 2 fully saturated rings. The monoisotopic (exact) mass is 466 g/mol. The van der Waals surface area contributed by atoms with Crippen LogP contribution in [0.15, 0.2) is 55.1 Å². The van der Waals surface area contributed by atoms with Crippen molar-refractivity contribution in [1.82, 2.24) is 0 Å². The largest absolute Gasteiger partial charge is 0.206 e. The van der Waals surface area contributed by atoms with Crippen molar-refractivity contribution >= 4 is 0 Å². The maximum Gasteiger partial charge on any atom is 0.167 e. The second-order valence-corrected chi connectivity index (χ2v) is 10.3. The third-order valence-electron chi connectivity index (χ3n) is 8.23. The molecule has 4 atom stereocenters. The Labute approximate surface area is 203 Å². The second kappa shape index (κ2) is 11.4. The van der Waals surface area contributed by atoms with Crippen molar-refractivity contribution in [3.63, 3.8) is 0 Å². The van der Waals surface area contributed by atoms with Crippen LogP contribution >= 0.6 is 0 Å². The van der Waals surface area contributed by atoms with Gasteiger partial charge in [0.15, 0.2) is 11.6 Å². The summed E-state index contributed by atoms with van der Waals surface area (Å²) in [5, 5.41) is 0. The zero-order valence-electron chi connectivity index (χ0n) is 20.3. The molecule has 0 aromatic heterocycles. The first-order valence-corrected chi connectivity index (χ1v) is 13.0. The highest BCUT2D eigenvalue weighted by molar-refractivity contribution is 5.66. The Morgan fingerprint density at radius 3 is 2.41 bits per heavy atom. The molecule has 4 rings (SSSR count). The van der Waals surface area contributed by atoms with Crippen LogP contribution in [0.25, 0.3) is 11.1 Å². The SMILES string of the molecule is C=CCCc1ccc(-c2ccc(C3CCC4CC(CC/C=C/C)CCC4C3)cc2F)c(F)c1F. The Morgan fingerprint density at radius 2 is 1.65 bits per heavy atom. The van der Waals surface area contributed by atoms with Gasteiger partial charge in [0, 0.05) is 11.1 Å². The molecule has 2 aromatic carbocycles. The predicted octanol–water partition coefficient (Wildman–Crippen LogP) is 9.55. The molecule has 2 aliphatic rings. The van der Waals surface area contributed by atoms with Crippen molar-refractivity contribution < 1.29 is 13.2 Å². The fourth-order valence-corrected chi connectivity index (χ4v) is 6.30. The van der Waals surface area contributed by atoms with Gasteiger partial charge in [0.05, 0.1) is 0 Å². The standard InChI is InChI=1S/C31H37F3/c1-3-5-7-8-21-10-11-24-19-25(13-12-23(24)18-21)26-15-16-27(29(32)20-26)28-17-14-22(9-6-4-2)30(33)31(28)34/h3-5,14-17,20-21,23-25H,2,6-13,18-19H2,1H3/b5-3+. The van der Waals surface area contributed by atoms with E-state index < -0.39 is 17.5 Å². The quantitative estimate of drug-likeness (QED) is 0.340. The minimum Gasteiger partial charge on any atom is -0.206 e. The van der Waals surface area contributed by atoms with Crippen LogP contribution in [0.5, 0.6) is 0 Å². The lowest BCUT2D eigenvalue weighted by Crippen LogP contribution is -2.30. The molecular formula is C31H37F3. The summed E-state index contributed by atoms with van der Waals surface area (Å²) < 4.78 is 44.4. The molecule has 34 heavy (non-hydrogen) atoms.